The molecular formula is C91H154O39. The van der Waals surface area contributed by atoms with Crippen molar-refractivity contribution >= 4 is 10.8 Å². The summed E-state index contributed by atoms with van der Waals surface area (Å²) in [5, 5.41) is 69.1. The molecule has 18 rings (SSSR count). The number of aliphatic hydroxyl groups excluding tert-OH is 7. The van der Waals surface area contributed by atoms with E-state index in [9.17, 15) is 30.6 Å². The van der Waals surface area contributed by atoms with Crippen molar-refractivity contribution in [2.45, 2.75) is 420 Å². The molecule has 3 unspecified atom stereocenters. The zero-order chi connectivity index (χ0) is 95.1. The van der Waals surface area contributed by atoms with Crippen LogP contribution in [0, 0.1) is 5.92 Å². The van der Waals surface area contributed by atoms with E-state index in [1.165, 1.54) is 37.0 Å². The molecule has 0 amide bonds. The van der Waals surface area contributed by atoms with E-state index in [2.05, 4.69) is 56.3 Å². The molecular weight excluding hydrogens is 1720 g/mol. The second-order valence-electron chi connectivity index (χ2n) is 39.0. The zero-order valence-electron chi connectivity index (χ0n) is 80.6. The van der Waals surface area contributed by atoms with Crippen LogP contribution in [0.15, 0.2) is 42.5 Å². The van der Waals surface area contributed by atoms with Gasteiger partial charge >= 0.3 is 0 Å². The van der Waals surface area contributed by atoms with Gasteiger partial charge in [0.15, 0.2) is 102 Å². The van der Waals surface area contributed by atoms with E-state index in [0.717, 1.165) is 5.92 Å². The summed E-state index contributed by atoms with van der Waals surface area (Å²) >= 11 is 0. The Kier molecular flexibility index (Phi) is 36.2. The van der Waals surface area contributed by atoms with Gasteiger partial charge in [0.25, 0.3) is 0 Å². The largest absolute Gasteiger partial charge is 0.394 e. The van der Waals surface area contributed by atoms with Crippen molar-refractivity contribution in [2.24, 2.45) is 5.92 Å². The highest BCUT2D eigenvalue weighted by atomic mass is 16.9. The average Bonchev–Trinajstić information content (AvgIpc) is 1.57. The fourth-order valence-electron chi connectivity index (χ4n) is 18.9. The van der Waals surface area contributed by atoms with Crippen LogP contribution in [-0.2, 0) is 158 Å². The molecule has 0 bridgehead atoms. The fraction of sp³-hybridized carbons (Fsp3) is 0.890. The molecule has 7 N–H and O–H groups in total. The third kappa shape index (κ3) is 24.6. The third-order valence-electron chi connectivity index (χ3n) is 24.7. The van der Waals surface area contributed by atoms with Gasteiger partial charge < -0.3 is 187 Å². The number of aliphatic hydroxyl groups is 7. The van der Waals surface area contributed by atoms with Crippen LogP contribution in [-0.4, -0.2) is 373 Å². The molecule has 16 aliphatic heterocycles. The SMILES string of the molecule is C.CC(C)Cc1ccc2ccccc2c1.CC1(C)OCC([C@H]2O[C@@H]3OC(C)(C)O[C@@H]3[C@@H]2O)O1.CC[C@@]1(CO)O[C@@H]2OC(C)(C)O[C@@H]2[C@@H]1OC.CC[C@]1(CO)O[C@@H]2OC(C)(C)O[C@@H]2[C@@H]1OC.CO[C@H]1O[C@@H]2OC(C)(C)O[C@@H]2[C@@H]1OC.CO[C@H]1[C@H]2OC(C)(C)O[C@H]2OC1(CO)CO.CO[C@H]1[C@H]2OC(C)(C)O[C@H]2O[C@@H]1C(O)CO.CO[C@H]1[C@H]2OC(C)(C)O[C@H]2O[C@@H]1C1COC(C)(C)O1. The smallest absolute Gasteiger partial charge is 0.193 e. The molecule has 39 nitrogen and oxygen atoms in total. The molecule has 30 atom stereocenters. The van der Waals surface area contributed by atoms with Crippen LogP contribution >= 0.6 is 0 Å². The number of hydrogen-bond acceptors (Lipinski definition) is 39. The van der Waals surface area contributed by atoms with Gasteiger partial charge in [-0.2, -0.15) is 0 Å². The Balaban J connectivity index is 0.000000155. The van der Waals surface area contributed by atoms with Crippen molar-refractivity contribution in [1.82, 2.24) is 0 Å². The quantitative estimate of drug-likeness (QED) is 0.0808. The maximum absolute atomic E-state index is 10.3. The summed E-state index contributed by atoms with van der Waals surface area (Å²) in [6.45, 7) is 41.0. The minimum Gasteiger partial charge on any atom is -0.394 e. The Morgan fingerprint density at radius 1 is 0.346 bits per heavy atom. The number of rotatable bonds is 19. The van der Waals surface area contributed by atoms with Crippen LogP contribution in [0.4, 0.5) is 0 Å². The normalized spacial score (nSPS) is 41.4. The van der Waals surface area contributed by atoms with Gasteiger partial charge in [-0.25, -0.2) is 0 Å². The first-order chi connectivity index (χ1) is 60.3. The zero-order valence-corrected chi connectivity index (χ0v) is 80.6. The van der Waals surface area contributed by atoms with Crippen molar-refractivity contribution in [3.8, 4) is 0 Å². The highest BCUT2D eigenvalue weighted by Crippen LogP contribution is 2.50. The first kappa shape index (κ1) is 109. The highest BCUT2D eigenvalue weighted by Gasteiger charge is 2.67. The number of benzene rings is 2. The van der Waals surface area contributed by atoms with Crippen molar-refractivity contribution in [2.75, 3.05) is 96.0 Å². The van der Waals surface area contributed by atoms with Gasteiger partial charge in [0.05, 0.1) is 46.2 Å². The third-order valence-corrected chi connectivity index (χ3v) is 24.7. The molecule has 2 aromatic carbocycles. The van der Waals surface area contributed by atoms with E-state index < -0.39 is 162 Å². The second-order valence-corrected chi connectivity index (χ2v) is 39.0. The van der Waals surface area contributed by atoms with Crippen LogP contribution < -0.4 is 0 Å². The lowest BCUT2D eigenvalue weighted by molar-refractivity contribution is -0.257. The number of fused-ring (bicyclic) bond motifs is 8. The molecule has 16 saturated heterocycles. The summed E-state index contributed by atoms with van der Waals surface area (Å²) in [5.74, 6) is -5.18. The Morgan fingerprint density at radius 2 is 0.692 bits per heavy atom. The van der Waals surface area contributed by atoms with Crippen LogP contribution in [0.3, 0.4) is 0 Å². The molecule has 39 heteroatoms. The lowest BCUT2D eigenvalue weighted by atomic mass is 9.93. The second kappa shape index (κ2) is 43.1. The number of ether oxygens (including phenoxy) is 32. The Morgan fingerprint density at radius 3 is 1.06 bits per heavy atom. The van der Waals surface area contributed by atoms with Crippen LogP contribution in [0.2, 0.25) is 0 Å². The standard InChI is InChI=1S/C14H16.C13H22O6.C12H20O6.2C11H20O5.2C10H18O6.C9H16O5.CH4/c1-11(2)9-12-7-8-13-5-3-4-6-14(13)10-12;1-12(2)15-6-7(17-12)8-9(14-5)10-11(16-8)19-13(3,4)18-10;1-11(2)14-5-6(16-11)8-7(13)9-10(15-8)18-12(3,4)17-9;2*1-5-11(6-12)8(13-4)7-9(16-11)15-10(2,3)14-7;1-9(2)14-6-7(13-3)10(4-11,5-12)16-8(6)15-9;1-10(2)15-8-7(13-3)6(5(12)4-11)14-9(8)16-10;1-9(2)13-6-5(10-3)7(11-4)12-8(6)14-9;/h3-8,10-11H,9H2,1-2H3;7-11H,6H2,1-5H3;6-10,13H,5H2,1-4H3;2*7-9,12H,5-6H2,1-4H3;6-8,11-12H,4-5H2,1-3H3;5-9,11-12H,4H2,1-3H3;5-8H,1-4H3;1H4/t;7?,8-,9-,10-,11-;6?,7-,8-,9-,10-;7-,8+,9+,11+;7-,8+,9+,11-;6-,7+,8+;5?,6-,7-,8-,9-;5-,6+,7-,8+;/m.1111110./s1. The van der Waals surface area contributed by atoms with E-state index >= 15 is 0 Å². The minimum absolute atomic E-state index is 0. The molecule has 16 aliphatic rings. The summed E-state index contributed by atoms with van der Waals surface area (Å²) in [5.41, 5.74) is -1.12. The maximum atomic E-state index is 10.3. The Hall–Kier alpha value is -2.86. The van der Waals surface area contributed by atoms with E-state index in [0.29, 0.717) is 26.1 Å². The fourth-order valence-corrected chi connectivity index (χ4v) is 18.9. The molecule has 0 radical (unpaired) electrons. The van der Waals surface area contributed by atoms with E-state index in [-0.39, 0.29) is 120 Å². The predicted molar refractivity (Wildman–Crippen MR) is 457 cm³/mol. The van der Waals surface area contributed by atoms with Gasteiger partial charge in [-0.3, -0.25) is 0 Å². The lowest BCUT2D eigenvalue weighted by Crippen LogP contribution is -2.51. The van der Waals surface area contributed by atoms with Crippen molar-refractivity contribution in [3.05, 3.63) is 48.0 Å². The van der Waals surface area contributed by atoms with Crippen molar-refractivity contribution in [3.63, 3.8) is 0 Å². The molecule has 16 heterocycles. The summed E-state index contributed by atoms with van der Waals surface area (Å²) in [6, 6.07) is 15.3. The summed E-state index contributed by atoms with van der Waals surface area (Å²) in [4.78, 5) is 0. The van der Waals surface area contributed by atoms with Gasteiger partial charge in [0.1, 0.15) is 139 Å². The van der Waals surface area contributed by atoms with E-state index in [1.54, 1.807) is 77.1 Å². The predicted octanol–water partition coefficient (Wildman–Crippen LogP) is 6.32. The topological polar surface area (TPSA) is 437 Å². The van der Waals surface area contributed by atoms with Crippen LogP contribution in [0.25, 0.3) is 10.8 Å². The Bertz CT molecular complexity index is 3690. The first-order valence-electron chi connectivity index (χ1n) is 44.7. The van der Waals surface area contributed by atoms with Gasteiger partial charge in [-0.05, 0) is 166 Å². The molecule has 2 aromatic rings. The minimum atomic E-state index is -1.15. The van der Waals surface area contributed by atoms with Crippen molar-refractivity contribution < 1.29 is 187 Å². The monoisotopic (exact) mass is 1870 g/mol. The summed E-state index contributed by atoms with van der Waals surface area (Å²) in [7, 11) is 11.0. The molecule has 0 spiro atoms. The van der Waals surface area contributed by atoms with E-state index in [4.69, 9.17) is 157 Å². The molecule has 0 aromatic heterocycles. The molecule has 0 saturated carbocycles. The van der Waals surface area contributed by atoms with Crippen LogP contribution in [0.1, 0.15) is 178 Å². The van der Waals surface area contributed by atoms with E-state index in [1.807, 2.05) is 96.9 Å². The van der Waals surface area contributed by atoms with Gasteiger partial charge in [0.2, 0.25) is 0 Å². The molecule has 752 valence electrons. The maximum Gasteiger partial charge on any atom is 0.193 e. The highest BCUT2D eigenvalue weighted by molar-refractivity contribution is 5.83. The molecule has 0 aliphatic carbocycles. The first-order valence-corrected chi connectivity index (χ1v) is 44.7. The Labute approximate surface area is 765 Å². The van der Waals surface area contributed by atoms with Gasteiger partial charge in [0, 0.05) is 49.8 Å². The van der Waals surface area contributed by atoms with Gasteiger partial charge in [-0.15, -0.1) is 0 Å². The molecule has 16 fully saturated rings. The molecule has 130 heavy (non-hydrogen) atoms. The number of hydrogen-bond donors (Lipinski definition) is 7. The average molecular weight is 1870 g/mol. The summed E-state index contributed by atoms with van der Waals surface area (Å²) < 4.78 is 179. The lowest BCUT2D eigenvalue weighted by Gasteiger charge is -2.33. The van der Waals surface area contributed by atoms with Crippen molar-refractivity contribution in [1.29, 1.82) is 0 Å². The van der Waals surface area contributed by atoms with Crippen LogP contribution in [0.5, 0.6) is 0 Å². The summed E-state index contributed by atoms with van der Waals surface area (Å²) in [6.07, 6.45) is -9.14. The van der Waals surface area contributed by atoms with Gasteiger partial charge in [-0.1, -0.05) is 77.6 Å². The number of methoxy groups -OCH3 is 7.